The zero-order valence-electron chi connectivity index (χ0n) is 11.4. The van der Waals surface area contributed by atoms with Gasteiger partial charge < -0.3 is 0 Å². The van der Waals surface area contributed by atoms with Gasteiger partial charge >= 0.3 is 0 Å². The van der Waals surface area contributed by atoms with Crippen molar-refractivity contribution in [2.45, 2.75) is 16.7 Å². The standard InChI is InChI=1S/C19H16S/c1-15-18(16-9-4-2-5-10-16)13-8-14-19(15)20-17-11-6-3-7-12-17/h2-14H,1H3. The molecule has 0 heterocycles. The molecule has 0 saturated carbocycles. The van der Waals surface area contributed by atoms with Crippen molar-refractivity contribution in [2.24, 2.45) is 0 Å². The van der Waals surface area contributed by atoms with Crippen LogP contribution in [0.15, 0.2) is 88.7 Å². The Bertz CT molecular complexity index is 687. The van der Waals surface area contributed by atoms with Crippen molar-refractivity contribution in [2.75, 3.05) is 0 Å². The monoisotopic (exact) mass is 276 g/mol. The van der Waals surface area contributed by atoms with Crippen molar-refractivity contribution in [3.8, 4) is 11.1 Å². The average molecular weight is 276 g/mol. The van der Waals surface area contributed by atoms with Gasteiger partial charge in [0.15, 0.2) is 0 Å². The minimum atomic E-state index is 1.28. The Hall–Kier alpha value is -1.99. The fraction of sp³-hybridized carbons (Fsp3) is 0.0526. The highest BCUT2D eigenvalue weighted by Gasteiger charge is 2.06. The Balaban J connectivity index is 1.98. The average Bonchev–Trinajstić information content (AvgIpc) is 2.51. The van der Waals surface area contributed by atoms with Gasteiger partial charge in [-0.05, 0) is 41.8 Å². The van der Waals surface area contributed by atoms with Gasteiger partial charge in [0.25, 0.3) is 0 Å². The van der Waals surface area contributed by atoms with Crippen LogP contribution < -0.4 is 0 Å². The van der Waals surface area contributed by atoms with Gasteiger partial charge in [0.2, 0.25) is 0 Å². The Kier molecular flexibility index (Phi) is 3.89. The van der Waals surface area contributed by atoms with E-state index in [-0.39, 0.29) is 0 Å². The molecule has 3 aromatic carbocycles. The molecule has 1 heteroatoms. The fourth-order valence-corrected chi connectivity index (χ4v) is 3.23. The van der Waals surface area contributed by atoms with E-state index in [1.165, 1.54) is 26.5 Å². The highest BCUT2D eigenvalue weighted by molar-refractivity contribution is 7.99. The number of rotatable bonds is 3. The van der Waals surface area contributed by atoms with Gasteiger partial charge in [-0.1, -0.05) is 72.4 Å². The predicted molar refractivity (Wildman–Crippen MR) is 87.2 cm³/mol. The molecule has 0 spiro atoms. The molecule has 0 atom stereocenters. The van der Waals surface area contributed by atoms with Crippen molar-refractivity contribution in [1.82, 2.24) is 0 Å². The van der Waals surface area contributed by atoms with Gasteiger partial charge in [0, 0.05) is 9.79 Å². The minimum absolute atomic E-state index is 1.28. The summed E-state index contributed by atoms with van der Waals surface area (Å²) in [6.07, 6.45) is 0. The van der Waals surface area contributed by atoms with Crippen molar-refractivity contribution >= 4 is 11.8 Å². The topological polar surface area (TPSA) is 0 Å². The molecule has 0 saturated heterocycles. The molecule has 0 unspecified atom stereocenters. The van der Waals surface area contributed by atoms with E-state index in [9.17, 15) is 0 Å². The van der Waals surface area contributed by atoms with E-state index >= 15 is 0 Å². The lowest BCUT2D eigenvalue weighted by Crippen LogP contribution is -1.86. The molecule has 3 rings (SSSR count). The van der Waals surface area contributed by atoms with E-state index in [2.05, 4.69) is 85.8 Å². The van der Waals surface area contributed by atoms with Crippen LogP contribution in [0.1, 0.15) is 5.56 Å². The predicted octanol–water partition coefficient (Wildman–Crippen LogP) is 5.81. The molecule has 20 heavy (non-hydrogen) atoms. The molecular formula is C19H16S. The van der Waals surface area contributed by atoms with Crippen LogP contribution in [-0.4, -0.2) is 0 Å². The third-order valence-electron chi connectivity index (χ3n) is 3.34. The molecule has 3 aromatic rings. The van der Waals surface area contributed by atoms with Crippen LogP contribution in [0.5, 0.6) is 0 Å². The van der Waals surface area contributed by atoms with Crippen LogP contribution in [0.3, 0.4) is 0 Å². The summed E-state index contributed by atoms with van der Waals surface area (Å²) in [5.74, 6) is 0. The third-order valence-corrected chi connectivity index (χ3v) is 4.51. The summed E-state index contributed by atoms with van der Waals surface area (Å²) in [6.45, 7) is 2.20. The van der Waals surface area contributed by atoms with Crippen molar-refractivity contribution in [3.05, 3.63) is 84.4 Å². The molecule has 0 aliphatic rings. The maximum Gasteiger partial charge on any atom is 0.0157 e. The molecule has 0 aliphatic carbocycles. The Morgan fingerprint density at radius 2 is 1.30 bits per heavy atom. The molecule has 0 radical (unpaired) electrons. The van der Waals surface area contributed by atoms with Gasteiger partial charge in [-0.2, -0.15) is 0 Å². The molecule has 0 nitrogen and oxygen atoms in total. The van der Waals surface area contributed by atoms with Crippen molar-refractivity contribution < 1.29 is 0 Å². The molecule has 98 valence electrons. The molecule has 0 aromatic heterocycles. The number of hydrogen-bond donors (Lipinski definition) is 0. The summed E-state index contributed by atoms with van der Waals surface area (Å²) < 4.78 is 0. The van der Waals surface area contributed by atoms with E-state index in [0.717, 1.165) is 0 Å². The largest absolute Gasteiger partial charge is 0.0898 e. The van der Waals surface area contributed by atoms with Gasteiger partial charge in [0.1, 0.15) is 0 Å². The first-order valence-electron chi connectivity index (χ1n) is 6.72. The van der Waals surface area contributed by atoms with Gasteiger partial charge in [-0.3, -0.25) is 0 Å². The maximum atomic E-state index is 2.20. The quantitative estimate of drug-likeness (QED) is 0.581. The van der Waals surface area contributed by atoms with Gasteiger partial charge in [-0.15, -0.1) is 0 Å². The van der Waals surface area contributed by atoms with E-state index < -0.39 is 0 Å². The second-order valence-corrected chi connectivity index (χ2v) is 5.83. The van der Waals surface area contributed by atoms with Crippen molar-refractivity contribution in [1.29, 1.82) is 0 Å². The molecular weight excluding hydrogens is 260 g/mol. The highest BCUT2D eigenvalue weighted by atomic mass is 32.2. The lowest BCUT2D eigenvalue weighted by Gasteiger charge is -2.11. The summed E-state index contributed by atoms with van der Waals surface area (Å²) in [5.41, 5.74) is 3.93. The summed E-state index contributed by atoms with van der Waals surface area (Å²) in [7, 11) is 0. The van der Waals surface area contributed by atoms with Crippen molar-refractivity contribution in [3.63, 3.8) is 0 Å². The second kappa shape index (κ2) is 5.98. The second-order valence-electron chi connectivity index (χ2n) is 4.71. The zero-order chi connectivity index (χ0) is 13.8. The van der Waals surface area contributed by atoms with Crippen LogP contribution in [0.25, 0.3) is 11.1 Å². The summed E-state index contributed by atoms with van der Waals surface area (Å²) in [4.78, 5) is 2.60. The summed E-state index contributed by atoms with van der Waals surface area (Å²) >= 11 is 1.82. The number of hydrogen-bond acceptors (Lipinski definition) is 1. The lowest BCUT2D eigenvalue weighted by molar-refractivity contribution is 1.29. The van der Waals surface area contributed by atoms with Crippen LogP contribution in [-0.2, 0) is 0 Å². The smallest absolute Gasteiger partial charge is 0.0157 e. The maximum absolute atomic E-state index is 2.20. The van der Waals surface area contributed by atoms with E-state index in [1.807, 2.05) is 11.8 Å². The Morgan fingerprint density at radius 1 is 0.650 bits per heavy atom. The molecule has 0 aliphatic heterocycles. The molecule has 0 amide bonds. The minimum Gasteiger partial charge on any atom is -0.0898 e. The first-order chi connectivity index (χ1) is 9.84. The van der Waals surface area contributed by atoms with E-state index in [0.29, 0.717) is 0 Å². The Morgan fingerprint density at radius 3 is 2.00 bits per heavy atom. The highest BCUT2D eigenvalue weighted by Crippen LogP contribution is 2.34. The fourth-order valence-electron chi connectivity index (χ4n) is 2.27. The molecule has 0 fully saturated rings. The lowest BCUT2D eigenvalue weighted by atomic mass is 10.0. The Labute approximate surface area is 124 Å². The first kappa shape index (κ1) is 13.0. The number of benzene rings is 3. The van der Waals surface area contributed by atoms with Crippen LogP contribution in [0.2, 0.25) is 0 Å². The van der Waals surface area contributed by atoms with Crippen LogP contribution >= 0.6 is 11.8 Å². The van der Waals surface area contributed by atoms with Crippen LogP contribution in [0, 0.1) is 6.92 Å². The summed E-state index contributed by atoms with van der Waals surface area (Å²) in [6, 6.07) is 27.6. The zero-order valence-corrected chi connectivity index (χ0v) is 12.2. The normalized spacial score (nSPS) is 10.4. The van der Waals surface area contributed by atoms with Gasteiger partial charge in [-0.25, -0.2) is 0 Å². The molecule has 0 N–H and O–H groups in total. The first-order valence-corrected chi connectivity index (χ1v) is 7.54. The third kappa shape index (κ3) is 2.78. The van der Waals surface area contributed by atoms with E-state index in [1.54, 1.807) is 0 Å². The van der Waals surface area contributed by atoms with Gasteiger partial charge in [0.05, 0.1) is 0 Å². The summed E-state index contributed by atoms with van der Waals surface area (Å²) in [5, 5.41) is 0. The van der Waals surface area contributed by atoms with E-state index in [4.69, 9.17) is 0 Å². The van der Waals surface area contributed by atoms with Crippen LogP contribution in [0.4, 0.5) is 0 Å². The molecule has 0 bridgehead atoms. The SMILES string of the molecule is Cc1c(Sc2ccccc2)cccc1-c1ccccc1.